The third kappa shape index (κ3) is 3.41. The molecule has 3 aromatic rings. The number of β-amino-alcohol motifs (C(OH)–C–C–N with tert-alkyl or cyclic N) is 1. The summed E-state index contributed by atoms with van der Waals surface area (Å²) in [5.74, 6) is 2.20. The molecule has 158 valence electrons. The minimum atomic E-state index is -0.877. The number of aliphatic hydroxyl groups excluding tert-OH is 1. The number of nitrogens with one attached hydrogen (secondary N) is 1. The average Bonchev–Trinajstić information content (AvgIpc) is 3.16. The second-order valence-electron chi connectivity index (χ2n) is 7.55. The van der Waals surface area contributed by atoms with Gasteiger partial charge >= 0.3 is 6.03 Å². The molecule has 0 saturated carbocycles. The van der Waals surface area contributed by atoms with Gasteiger partial charge in [-0.25, -0.2) is 4.79 Å². The number of ether oxygens (including phenoxy) is 2. The Morgan fingerprint density at radius 3 is 2.60 bits per heavy atom. The molecule has 0 aliphatic carbocycles. The second kappa shape index (κ2) is 7.83. The number of urea groups is 1. The highest BCUT2D eigenvalue weighted by molar-refractivity contribution is 5.89. The van der Waals surface area contributed by atoms with E-state index in [-0.39, 0.29) is 18.5 Å². The third-order valence-electron chi connectivity index (χ3n) is 5.27. The first kappa shape index (κ1) is 20.0. The van der Waals surface area contributed by atoms with Crippen molar-refractivity contribution in [3.63, 3.8) is 0 Å². The Kier molecular flexibility index (Phi) is 5.21. The van der Waals surface area contributed by atoms with Gasteiger partial charge in [-0.1, -0.05) is 13.8 Å². The van der Waals surface area contributed by atoms with Crippen molar-refractivity contribution in [2.75, 3.05) is 26.1 Å². The summed E-state index contributed by atoms with van der Waals surface area (Å²) in [6.45, 7) is 4.52. The number of pyridine rings is 1. The molecule has 1 aromatic carbocycles. The second-order valence-corrected chi connectivity index (χ2v) is 7.55. The molecule has 30 heavy (non-hydrogen) atoms. The summed E-state index contributed by atoms with van der Waals surface area (Å²) in [4.78, 5) is 14.5. The number of anilines is 1. The molecule has 0 saturated heterocycles. The van der Waals surface area contributed by atoms with E-state index in [2.05, 4.69) is 15.5 Å². The van der Waals surface area contributed by atoms with Crippen molar-refractivity contribution in [3.8, 4) is 11.5 Å². The van der Waals surface area contributed by atoms with Crippen LogP contribution in [0.5, 0.6) is 11.5 Å². The molecule has 9 heteroatoms. The van der Waals surface area contributed by atoms with E-state index in [9.17, 15) is 9.90 Å². The standard InChI is InChI=1S/C21H25N5O4/c1-12(2)20-24-23-18-8-5-13(9-26(18)20)22-21(28)25-10-14-16(29-3)6-7-17(30-4)19(14)15(27)11-25/h5-9,12,15,27H,10-11H2,1-4H3,(H,22,28)/t15-/m0/s1. The molecule has 0 radical (unpaired) electrons. The van der Waals surface area contributed by atoms with Crippen LogP contribution in [-0.4, -0.2) is 51.4 Å². The molecule has 2 amide bonds. The van der Waals surface area contributed by atoms with Crippen LogP contribution in [0.4, 0.5) is 10.5 Å². The number of rotatable bonds is 4. The van der Waals surface area contributed by atoms with Crippen molar-refractivity contribution < 1.29 is 19.4 Å². The lowest BCUT2D eigenvalue weighted by Crippen LogP contribution is -2.41. The van der Waals surface area contributed by atoms with Crippen LogP contribution in [0.25, 0.3) is 5.65 Å². The van der Waals surface area contributed by atoms with Crippen LogP contribution >= 0.6 is 0 Å². The number of benzene rings is 1. The number of carbonyl (C=O) groups excluding carboxylic acids is 1. The van der Waals surface area contributed by atoms with Gasteiger partial charge in [0, 0.05) is 23.2 Å². The van der Waals surface area contributed by atoms with E-state index in [1.54, 1.807) is 43.5 Å². The quantitative estimate of drug-likeness (QED) is 0.685. The highest BCUT2D eigenvalue weighted by Crippen LogP contribution is 2.39. The van der Waals surface area contributed by atoms with Gasteiger partial charge in [-0.15, -0.1) is 10.2 Å². The van der Waals surface area contributed by atoms with E-state index in [0.717, 1.165) is 17.0 Å². The van der Waals surface area contributed by atoms with Crippen LogP contribution in [0.3, 0.4) is 0 Å². The molecular formula is C21H25N5O4. The van der Waals surface area contributed by atoms with Crippen LogP contribution in [0.2, 0.25) is 0 Å². The average molecular weight is 411 g/mol. The molecule has 0 spiro atoms. The van der Waals surface area contributed by atoms with Gasteiger partial charge in [0.15, 0.2) is 5.65 Å². The smallest absolute Gasteiger partial charge is 0.322 e. The van der Waals surface area contributed by atoms with Crippen LogP contribution < -0.4 is 14.8 Å². The number of carbonyl (C=O) groups is 1. The minimum Gasteiger partial charge on any atom is -0.496 e. The van der Waals surface area contributed by atoms with Crippen molar-refractivity contribution in [1.29, 1.82) is 0 Å². The first-order valence-corrected chi connectivity index (χ1v) is 9.75. The molecule has 0 bridgehead atoms. The molecule has 1 aliphatic rings. The molecular weight excluding hydrogens is 386 g/mol. The van der Waals surface area contributed by atoms with Crippen molar-refractivity contribution >= 4 is 17.4 Å². The topological polar surface area (TPSA) is 101 Å². The molecule has 9 nitrogen and oxygen atoms in total. The molecule has 2 N–H and O–H groups in total. The number of fused-ring (bicyclic) bond motifs is 2. The Hall–Kier alpha value is -3.33. The zero-order chi connectivity index (χ0) is 21.4. The first-order chi connectivity index (χ1) is 14.4. The number of hydrogen-bond donors (Lipinski definition) is 2. The van der Waals surface area contributed by atoms with Crippen molar-refractivity contribution in [1.82, 2.24) is 19.5 Å². The molecule has 0 unspecified atom stereocenters. The van der Waals surface area contributed by atoms with E-state index in [4.69, 9.17) is 9.47 Å². The summed E-state index contributed by atoms with van der Waals surface area (Å²) in [5, 5.41) is 22.0. The third-order valence-corrected chi connectivity index (χ3v) is 5.27. The van der Waals surface area contributed by atoms with Gasteiger partial charge in [0.25, 0.3) is 0 Å². The van der Waals surface area contributed by atoms with Gasteiger partial charge in [-0.05, 0) is 24.3 Å². The zero-order valence-corrected chi connectivity index (χ0v) is 17.4. The van der Waals surface area contributed by atoms with Gasteiger partial charge in [0.05, 0.1) is 33.0 Å². The molecule has 1 atom stereocenters. The van der Waals surface area contributed by atoms with Gasteiger partial charge in [-0.2, -0.15) is 0 Å². The molecule has 2 aromatic heterocycles. The molecule has 3 heterocycles. The number of methoxy groups -OCH3 is 2. The van der Waals surface area contributed by atoms with Gasteiger partial charge in [0.1, 0.15) is 23.4 Å². The Balaban J connectivity index is 1.59. The maximum Gasteiger partial charge on any atom is 0.322 e. The normalized spacial score (nSPS) is 15.9. The fourth-order valence-corrected chi connectivity index (χ4v) is 3.81. The van der Waals surface area contributed by atoms with Crippen LogP contribution in [0.1, 0.15) is 42.8 Å². The first-order valence-electron chi connectivity index (χ1n) is 9.75. The van der Waals surface area contributed by atoms with E-state index in [0.29, 0.717) is 29.3 Å². The zero-order valence-electron chi connectivity index (χ0n) is 17.4. The molecule has 1 aliphatic heterocycles. The predicted molar refractivity (Wildman–Crippen MR) is 111 cm³/mol. The molecule has 0 fully saturated rings. The lowest BCUT2D eigenvalue weighted by molar-refractivity contribution is 0.105. The Labute approximate surface area is 174 Å². The fraction of sp³-hybridized carbons (Fsp3) is 0.381. The fourth-order valence-electron chi connectivity index (χ4n) is 3.81. The number of hydrogen-bond acceptors (Lipinski definition) is 6. The lowest BCUT2D eigenvalue weighted by Gasteiger charge is -2.34. The summed E-state index contributed by atoms with van der Waals surface area (Å²) in [5.41, 5.74) is 2.73. The number of amides is 2. The van der Waals surface area contributed by atoms with Crippen molar-refractivity contribution in [3.05, 3.63) is 47.4 Å². The number of aromatic nitrogens is 3. The van der Waals surface area contributed by atoms with Crippen molar-refractivity contribution in [2.45, 2.75) is 32.4 Å². The maximum absolute atomic E-state index is 13.0. The van der Waals surface area contributed by atoms with Crippen LogP contribution in [0.15, 0.2) is 30.5 Å². The Morgan fingerprint density at radius 1 is 1.17 bits per heavy atom. The van der Waals surface area contributed by atoms with E-state index in [1.165, 1.54) is 0 Å². The molecule has 4 rings (SSSR count). The summed E-state index contributed by atoms with van der Waals surface area (Å²) in [6, 6.07) is 6.81. The SMILES string of the molecule is COc1ccc(OC)c2c1CN(C(=O)Nc1ccc3nnc(C(C)C)n3c1)C[C@@H]2O. The summed E-state index contributed by atoms with van der Waals surface area (Å²) >= 11 is 0. The summed E-state index contributed by atoms with van der Waals surface area (Å²) in [7, 11) is 3.12. The van der Waals surface area contributed by atoms with Crippen LogP contribution in [-0.2, 0) is 6.54 Å². The highest BCUT2D eigenvalue weighted by atomic mass is 16.5. The predicted octanol–water partition coefficient (Wildman–Crippen LogP) is 2.95. The number of nitrogens with zero attached hydrogens (tertiary/aromatic N) is 4. The number of aliphatic hydroxyl groups is 1. The van der Waals surface area contributed by atoms with Gasteiger partial charge in [0.2, 0.25) is 0 Å². The monoisotopic (exact) mass is 411 g/mol. The summed E-state index contributed by atoms with van der Waals surface area (Å²) < 4.78 is 12.7. The Morgan fingerprint density at radius 2 is 1.90 bits per heavy atom. The van der Waals surface area contributed by atoms with E-state index < -0.39 is 6.10 Å². The highest BCUT2D eigenvalue weighted by Gasteiger charge is 2.32. The van der Waals surface area contributed by atoms with Gasteiger partial charge in [-0.3, -0.25) is 4.40 Å². The van der Waals surface area contributed by atoms with Gasteiger partial charge < -0.3 is 24.8 Å². The lowest BCUT2D eigenvalue weighted by atomic mass is 9.95. The van der Waals surface area contributed by atoms with Crippen molar-refractivity contribution in [2.24, 2.45) is 0 Å². The van der Waals surface area contributed by atoms with E-state index in [1.807, 2.05) is 24.3 Å². The van der Waals surface area contributed by atoms with Crippen LogP contribution in [0, 0.1) is 0 Å². The minimum absolute atomic E-state index is 0.147. The van der Waals surface area contributed by atoms with E-state index >= 15 is 0 Å². The largest absolute Gasteiger partial charge is 0.496 e. The maximum atomic E-state index is 13.0. The Bertz CT molecular complexity index is 1090. The summed E-state index contributed by atoms with van der Waals surface area (Å²) in [6.07, 6.45) is 0.929.